The van der Waals surface area contributed by atoms with Crippen molar-refractivity contribution >= 4 is 0 Å². The fourth-order valence-electron chi connectivity index (χ4n) is 3.15. The number of halogens is 1. The van der Waals surface area contributed by atoms with E-state index in [9.17, 15) is 4.39 Å². The van der Waals surface area contributed by atoms with Crippen LogP contribution < -0.4 is 10.1 Å². The normalized spacial score (nSPS) is 26.1. The SMILES string of the molecule is CCNC1CC(C)(CC(C)C)Oc2ccc(F)cc21. The van der Waals surface area contributed by atoms with Gasteiger partial charge in [-0.2, -0.15) is 0 Å². The molecular weight excluding hydrogens is 241 g/mol. The Morgan fingerprint density at radius 2 is 2.21 bits per heavy atom. The number of fused-ring (bicyclic) bond motifs is 1. The first-order chi connectivity index (χ1) is 8.93. The Labute approximate surface area is 115 Å². The minimum atomic E-state index is -0.197. The molecular formula is C16H24FNO. The quantitative estimate of drug-likeness (QED) is 0.886. The molecule has 2 nitrogen and oxygen atoms in total. The summed E-state index contributed by atoms with van der Waals surface area (Å²) < 4.78 is 19.6. The zero-order valence-electron chi connectivity index (χ0n) is 12.3. The van der Waals surface area contributed by atoms with Gasteiger partial charge in [-0.15, -0.1) is 0 Å². The van der Waals surface area contributed by atoms with E-state index in [2.05, 4.69) is 33.0 Å². The van der Waals surface area contributed by atoms with Crippen LogP contribution in [0.15, 0.2) is 18.2 Å². The molecule has 0 spiro atoms. The Morgan fingerprint density at radius 3 is 2.84 bits per heavy atom. The molecule has 2 unspecified atom stereocenters. The third-order valence-electron chi connectivity index (χ3n) is 3.63. The number of hydrogen-bond donors (Lipinski definition) is 1. The molecule has 0 aliphatic carbocycles. The van der Waals surface area contributed by atoms with Gasteiger partial charge in [-0.1, -0.05) is 20.8 Å². The Hall–Kier alpha value is -1.09. The van der Waals surface area contributed by atoms with Crippen LogP contribution >= 0.6 is 0 Å². The van der Waals surface area contributed by atoms with Gasteiger partial charge in [0.2, 0.25) is 0 Å². The van der Waals surface area contributed by atoms with Crippen LogP contribution in [0.1, 0.15) is 52.1 Å². The molecule has 0 amide bonds. The predicted octanol–water partition coefficient (Wildman–Crippen LogP) is 4.06. The summed E-state index contributed by atoms with van der Waals surface area (Å²) in [5, 5.41) is 3.45. The summed E-state index contributed by atoms with van der Waals surface area (Å²) in [5.41, 5.74) is 0.773. The first kappa shape index (κ1) is 14.3. The molecule has 0 fully saturated rings. The van der Waals surface area contributed by atoms with Gasteiger partial charge in [0, 0.05) is 18.0 Å². The van der Waals surface area contributed by atoms with E-state index in [1.165, 1.54) is 6.07 Å². The van der Waals surface area contributed by atoms with Gasteiger partial charge < -0.3 is 10.1 Å². The monoisotopic (exact) mass is 265 g/mol. The summed E-state index contributed by atoms with van der Waals surface area (Å²) in [4.78, 5) is 0. The smallest absolute Gasteiger partial charge is 0.125 e. The van der Waals surface area contributed by atoms with E-state index in [0.717, 1.165) is 30.7 Å². The lowest BCUT2D eigenvalue weighted by Gasteiger charge is -2.41. The van der Waals surface area contributed by atoms with E-state index in [0.29, 0.717) is 5.92 Å². The Balaban J connectivity index is 2.32. The van der Waals surface area contributed by atoms with Crippen LogP contribution in [0.5, 0.6) is 5.75 Å². The standard InChI is InChI=1S/C16H24FNO/c1-5-18-14-10-16(4,9-11(2)3)19-15-7-6-12(17)8-13(14)15/h6-8,11,14,18H,5,9-10H2,1-4H3. The number of nitrogens with one attached hydrogen (secondary N) is 1. The summed E-state index contributed by atoms with van der Waals surface area (Å²) in [6.07, 6.45) is 1.89. The van der Waals surface area contributed by atoms with Gasteiger partial charge in [0.1, 0.15) is 17.2 Å². The first-order valence-corrected chi connectivity index (χ1v) is 7.15. The number of rotatable bonds is 4. The van der Waals surface area contributed by atoms with Crippen LogP contribution in [0.3, 0.4) is 0 Å². The first-order valence-electron chi connectivity index (χ1n) is 7.15. The Kier molecular flexibility index (Phi) is 4.14. The van der Waals surface area contributed by atoms with Crippen molar-refractivity contribution < 1.29 is 9.13 Å². The second-order valence-electron chi connectivity index (χ2n) is 6.15. The van der Waals surface area contributed by atoms with Crippen molar-refractivity contribution in [1.82, 2.24) is 5.32 Å². The van der Waals surface area contributed by atoms with Gasteiger partial charge in [-0.3, -0.25) is 0 Å². The van der Waals surface area contributed by atoms with E-state index in [1.54, 1.807) is 12.1 Å². The third-order valence-corrected chi connectivity index (χ3v) is 3.63. The molecule has 1 aliphatic rings. The second kappa shape index (κ2) is 5.49. The number of hydrogen-bond acceptors (Lipinski definition) is 2. The summed E-state index contributed by atoms with van der Waals surface area (Å²) in [7, 11) is 0. The minimum Gasteiger partial charge on any atom is -0.487 e. The van der Waals surface area contributed by atoms with Gasteiger partial charge in [-0.05, 0) is 44.0 Å². The molecule has 19 heavy (non-hydrogen) atoms. The van der Waals surface area contributed by atoms with Crippen molar-refractivity contribution in [3.8, 4) is 5.75 Å². The van der Waals surface area contributed by atoms with Crippen molar-refractivity contribution in [3.05, 3.63) is 29.6 Å². The summed E-state index contributed by atoms with van der Waals surface area (Å²) >= 11 is 0. The van der Waals surface area contributed by atoms with E-state index in [-0.39, 0.29) is 17.5 Å². The van der Waals surface area contributed by atoms with Crippen molar-refractivity contribution in [2.45, 2.75) is 52.2 Å². The predicted molar refractivity (Wildman–Crippen MR) is 75.9 cm³/mol. The van der Waals surface area contributed by atoms with Gasteiger partial charge >= 0.3 is 0 Å². The average molecular weight is 265 g/mol. The molecule has 0 radical (unpaired) electrons. The maximum atomic E-state index is 13.4. The topological polar surface area (TPSA) is 21.3 Å². The molecule has 1 aromatic carbocycles. The Bertz CT molecular complexity index is 446. The maximum Gasteiger partial charge on any atom is 0.125 e. The maximum absolute atomic E-state index is 13.4. The van der Waals surface area contributed by atoms with Gasteiger partial charge in [-0.25, -0.2) is 4.39 Å². The van der Waals surface area contributed by atoms with Crippen LogP contribution in [0.25, 0.3) is 0 Å². The fraction of sp³-hybridized carbons (Fsp3) is 0.625. The number of ether oxygens (including phenoxy) is 1. The van der Waals surface area contributed by atoms with E-state index >= 15 is 0 Å². The van der Waals surface area contributed by atoms with E-state index in [1.807, 2.05) is 0 Å². The number of benzene rings is 1. The van der Waals surface area contributed by atoms with Crippen molar-refractivity contribution in [3.63, 3.8) is 0 Å². The Morgan fingerprint density at radius 1 is 1.47 bits per heavy atom. The van der Waals surface area contributed by atoms with Crippen LogP contribution in [0.2, 0.25) is 0 Å². The minimum absolute atomic E-state index is 0.174. The van der Waals surface area contributed by atoms with Gasteiger partial charge in [0.05, 0.1) is 0 Å². The van der Waals surface area contributed by atoms with Crippen LogP contribution in [0, 0.1) is 11.7 Å². The third kappa shape index (κ3) is 3.27. The van der Waals surface area contributed by atoms with E-state index < -0.39 is 0 Å². The molecule has 2 rings (SSSR count). The molecule has 1 aliphatic heterocycles. The molecule has 1 N–H and O–H groups in total. The lowest BCUT2D eigenvalue weighted by molar-refractivity contribution is 0.0287. The highest BCUT2D eigenvalue weighted by molar-refractivity contribution is 5.39. The molecule has 0 saturated heterocycles. The van der Waals surface area contributed by atoms with Gasteiger partial charge in [0.25, 0.3) is 0 Å². The zero-order chi connectivity index (χ0) is 14.0. The molecule has 0 saturated carbocycles. The van der Waals surface area contributed by atoms with Crippen LogP contribution in [0.4, 0.5) is 4.39 Å². The molecule has 0 aromatic heterocycles. The molecule has 1 aromatic rings. The molecule has 0 bridgehead atoms. The van der Waals surface area contributed by atoms with Crippen molar-refractivity contribution in [2.75, 3.05) is 6.54 Å². The second-order valence-corrected chi connectivity index (χ2v) is 6.15. The van der Waals surface area contributed by atoms with Crippen molar-refractivity contribution in [2.24, 2.45) is 5.92 Å². The lowest BCUT2D eigenvalue weighted by Crippen LogP contribution is -2.42. The average Bonchev–Trinajstić information content (AvgIpc) is 2.29. The molecule has 1 heterocycles. The summed E-state index contributed by atoms with van der Waals surface area (Å²) in [5.74, 6) is 1.20. The highest BCUT2D eigenvalue weighted by Gasteiger charge is 2.37. The zero-order valence-corrected chi connectivity index (χ0v) is 12.3. The summed E-state index contributed by atoms with van der Waals surface area (Å²) in [6, 6.07) is 5.00. The lowest BCUT2D eigenvalue weighted by atomic mass is 9.83. The highest BCUT2D eigenvalue weighted by atomic mass is 19.1. The van der Waals surface area contributed by atoms with Gasteiger partial charge in [0.15, 0.2) is 0 Å². The fourth-order valence-corrected chi connectivity index (χ4v) is 3.15. The van der Waals surface area contributed by atoms with Crippen LogP contribution in [-0.4, -0.2) is 12.1 Å². The molecule has 106 valence electrons. The highest BCUT2D eigenvalue weighted by Crippen LogP contribution is 2.42. The van der Waals surface area contributed by atoms with Crippen molar-refractivity contribution in [1.29, 1.82) is 0 Å². The largest absolute Gasteiger partial charge is 0.487 e. The summed E-state index contributed by atoms with van der Waals surface area (Å²) in [6.45, 7) is 9.52. The van der Waals surface area contributed by atoms with E-state index in [4.69, 9.17) is 4.74 Å². The van der Waals surface area contributed by atoms with Crippen LogP contribution in [-0.2, 0) is 0 Å². The molecule has 3 heteroatoms. The molecule has 2 atom stereocenters.